The molecule has 0 saturated carbocycles. The van der Waals surface area contributed by atoms with Crippen LogP contribution in [-0.2, 0) is 0 Å². The Balaban J connectivity index is 2.61. The van der Waals surface area contributed by atoms with Gasteiger partial charge < -0.3 is 14.9 Å². The molecular formula is C12H17FO3. The van der Waals surface area contributed by atoms with E-state index in [1.807, 2.05) is 0 Å². The van der Waals surface area contributed by atoms with E-state index < -0.39 is 18.0 Å². The molecule has 1 aromatic carbocycles. The van der Waals surface area contributed by atoms with Crippen LogP contribution in [0.3, 0.4) is 0 Å². The molecule has 2 N–H and O–H groups in total. The number of hydrogen-bond donors (Lipinski definition) is 2. The van der Waals surface area contributed by atoms with Gasteiger partial charge in [-0.15, -0.1) is 0 Å². The molecule has 3 nitrogen and oxygen atoms in total. The number of aliphatic hydroxyl groups excluding tert-OH is 2. The lowest BCUT2D eigenvalue weighted by atomic mass is 10.1. The summed E-state index contributed by atoms with van der Waals surface area (Å²) in [6, 6.07) is 4.35. The molecule has 0 fully saturated rings. The van der Waals surface area contributed by atoms with Crippen LogP contribution in [0, 0.1) is 5.82 Å². The number of hydrogen-bond acceptors (Lipinski definition) is 3. The normalized spacial score (nSPS) is 14.6. The van der Waals surface area contributed by atoms with Gasteiger partial charge in [0.1, 0.15) is 0 Å². The summed E-state index contributed by atoms with van der Waals surface area (Å²) in [4.78, 5) is 0. The Bertz CT molecular complexity index is 337. The Hall–Kier alpha value is -1.13. The van der Waals surface area contributed by atoms with Crippen molar-refractivity contribution in [3.63, 3.8) is 0 Å². The highest BCUT2D eigenvalue weighted by Crippen LogP contribution is 2.22. The maximum Gasteiger partial charge on any atom is 0.165 e. The largest absolute Gasteiger partial charge is 0.490 e. The molecule has 0 spiro atoms. The Morgan fingerprint density at radius 1 is 1.31 bits per heavy atom. The van der Waals surface area contributed by atoms with Crippen LogP contribution in [0.1, 0.15) is 31.9 Å². The van der Waals surface area contributed by atoms with Gasteiger partial charge in [-0.1, -0.05) is 6.07 Å². The van der Waals surface area contributed by atoms with Gasteiger partial charge >= 0.3 is 0 Å². The van der Waals surface area contributed by atoms with Gasteiger partial charge in [0.25, 0.3) is 0 Å². The van der Waals surface area contributed by atoms with E-state index in [4.69, 9.17) is 9.84 Å². The van der Waals surface area contributed by atoms with E-state index in [2.05, 4.69) is 0 Å². The number of aliphatic hydroxyl groups is 2. The number of halogens is 1. The van der Waals surface area contributed by atoms with Crippen LogP contribution in [0.15, 0.2) is 18.2 Å². The SMILES string of the molecule is CC(O)CCOc1ccc([C@H](C)O)cc1F. The van der Waals surface area contributed by atoms with Crippen LogP contribution in [-0.4, -0.2) is 22.9 Å². The van der Waals surface area contributed by atoms with Crippen molar-refractivity contribution in [1.82, 2.24) is 0 Å². The molecule has 0 heterocycles. The molecule has 0 amide bonds. The molecule has 0 aliphatic rings. The second-order valence-electron chi connectivity index (χ2n) is 3.85. The lowest BCUT2D eigenvalue weighted by Crippen LogP contribution is -2.08. The number of benzene rings is 1. The molecule has 0 aromatic heterocycles. The minimum atomic E-state index is -0.694. The number of rotatable bonds is 5. The molecule has 16 heavy (non-hydrogen) atoms. The summed E-state index contributed by atoms with van der Waals surface area (Å²) in [6.07, 6.45) is -0.696. The highest BCUT2D eigenvalue weighted by atomic mass is 19.1. The predicted molar refractivity (Wildman–Crippen MR) is 58.8 cm³/mol. The first kappa shape index (κ1) is 12.9. The molecule has 0 aliphatic carbocycles. The van der Waals surface area contributed by atoms with E-state index >= 15 is 0 Å². The second-order valence-corrected chi connectivity index (χ2v) is 3.85. The Morgan fingerprint density at radius 3 is 2.50 bits per heavy atom. The predicted octanol–water partition coefficient (Wildman–Crippen LogP) is 2.03. The zero-order valence-corrected chi connectivity index (χ0v) is 9.48. The van der Waals surface area contributed by atoms with Crippen LogP contribution in [0.2, 0.25) is 0 Å². The summed E-state index contributed by atoms with van der Waals surface area (Å²) in [5, 5.41) is 18.3. The summed E-state index contributed by atoms with van der Waals surface area (Å²) in [5.74, 6) is -0.353. The van der Waals surface area contributed by atoms with Gasteiger partial charge in [-0.05, 0) is 31.5 Å². The van der Waals surface area contributed by atoms with Crippen molar-refractivity contribution in [2.75, 3.05) is 6.61 Å². The lowest BCUT2D eigenvalue weighted by molar-refractivity contribution is 0.153. The summed E-state index contributed by atoms with van der Waals surface area (Å²) in [5.41, 5.74) is 0.514. The van der Waals surface area contributed by atoms with Crippen LogP contribution in [0.4, 0.5) is 4.39 Å². The smallest absolute Gasteiger partial charge is 0.165 e. The van der Waals surface area contributed by atoms with Crippen molar-refractivity contribution in [2.24, 2.45) is 0 Å². The second kappa shape index (κ2) is 5.82. The van der Waals surface area contributed by atoms with Gasteiger partial charge in [-0.2, -0.15) is 0 Å². The van der Waals surface area contributed by atoms with Crippen molar-refractivity contribution in [1.29, 1.82) is 0 Å². The lowest BCUT2D eigenvalue weighted by Gasteiger charge is -2.10. The maximum absolute atomic E-state index is 13.4. The van der Waals surface area contributed by atoms with Crippen molar-refractivity contribution in [2.45, 2.75) is 32.5 Å². The van der Waals surface area contributed by atoms with E-state index in [0.717, 1.165) is 0 Å². The van der Waals surface area contributed by atoms with E-state index in [-0.39, 0.29) is 12.4 Å². The molecule has 1 aromatic rings. The first-order valence-electron chi connectivity index (χ1n) is 5.29. The van der Waals surface area contributed by atoms with Gasteiger partial charge in [0, 0.05) is 6.42 Å². The van der Waals surface area contributed by atoms with Crippen molar-refractivity contribution in [3.8, 4) is 5.75 Å². The van der Waals surface area contributed by atoms with Crippen LogP contribution in [0.5, 0.6) is 5.75 Å². The van der Waals surface area contributed by atoms with Crippen LogP contribution >= 0.6 is 0 Å². The van der Waals surface area contributed by atoms with Gasteiger partial charge in [0.05, 0.1) is 18.8 Å². The first-order chi connectivity index (χ1) is 7.50. The summed E-state index contributed by atoms with van der Waals surface area (Å²) in [6.45, 7) is 3.49. The number of ether oxygens (including phenoxy) is 1. The Kier molecular flexibility index (Phi) is 4.71. The van der Waals surface area contributed by atoms with Gasteiger partial charge in [-0.25, -0.2) is 4.39 Å². The molecule has 0 saturated heterocycles. The van der Waals surface area contributed by atoms with Crippen LogP contribution in [0.25, 0.3) is 0 Å². The zero-order chi connectivity index (χ0) is 12.1. The minimum absolute atomic E-state index is 0.144. The standard InChI is InChI=1S/C12H17FO3/c1-8(14)5-6-16-12-4-3-10(9(2)15)7-11(12)13/h3-4,7-9,14-15H,5-6H2,1-2H3/t8?,9-/m0/s1. The van der Waals surface area contributed by atoms with E-state index in [1.165, 1.54) is 12.1 Å². The molecule has 90 valence electrons. The molecule has 4 heteroatoms. The first-order valence-corrected chi connectivity index (χ1v) is 5.29. The summed E-state index contributed by atoms with van der Waals surface area (Å²) >= 11 is 0. The van der Waals surface area contributed by atoms with Gasteiger partial charge in [-0.3, -0.25) is 0 Å². The van der Waals surface area contributed by atoms with Crippen LogP contribution < -0.4 is 4.74 Å². The zero-order valence-electron chi connectivity index (χ0n) is 9.48. The summed E-state index contributed by atoms with van der Waals surface area (Å²) < 4.78 is 18.6. The average Bonchev–Trinajstić information content (AvgIpc) is 2.19. The highest BCUT2D eigenvalue weighted by molar-refractivity contribution is 5.30. The van der Waals surface area contributed by atoms with Gasteiger partial charge in [0.2, 0.25) is 0 Å². The average molecular weight is 228 g/mol. The van der Waals surface area contributed by atoms with Crippen molar-refractivity contribution >= 4 is 0 Å². The fourth-order valence-corrected chi connectivity index (χ4v) is 1.23. The topological polar surface area (TPSA) is 49.7 Å². The third kappa shape index (κ3) is 3.79. The summed E-state index contributed by atoms with van der Waals surface area (Å²) in [7, 11) is 0. The third-order valence-electron chi connectivity index (χ3n) is 2.23. The van der Waals surface area contributed by atoms with E-state index in [0.29, 0.717) is 12.0 Å². The molecule has 1 rings (SSSR count). The minimum Gasteiger partial charge on any atom is -0.490 e. The fourth-order valence-electron chi connectivity index (χ4n) is 1.23. The monoisotopic (exact) mass is 228 g/mol. The Labute approximate surface area is 94.5 Å². The molecule has 2 atom stereocenters. The molecule has 0 bridgehead atoms. The molecular weight excluding hydrogens is 211 g/mol. The quantitative estimate of drug-likeness (QED) is 0.810. The fraction of sp³-hybridized carbons (Fsp3) is 0.500. The maximum atomic E-state index is 13.4. The van der Waals surface area contributed by atoms with E-state index in [9.17, 15) is 9.50 Å². The van der Waals surface area contributed by atoms with Crippen molar-refractivity contribution in [3.05, 3.63) is 29.6 Å². The molecule has 1 unspecified atom stereocenters. The van der Waals surface area contributed by atoms with Crippen molar-refractivity contribution < 1.29 is 19.3 Å². The molecule has 0 aliphatic heterocycles. The molecule has 0 radical (unpaired) electrons. The van der Waals surface area contributed by atoms with Gasteiger partial charge in [0.15, 0.2) is 11.6 Å². The highest BCUT2D eigenvalue weighted by Gasteiger charge is 2.08. The Morgan fingerprint density at radius 2 is 2.00 bits per heavy atom. The van der Waals surface area contributed by atoms with E-state index in [1.54, 1.807) is 19.9 Å². The third-order valence-corrected chi connectivity index (χ3v) is 2.23.